The van der Waals surface area contributed by atoms with Crippen molar-refractivity contribution in [1.29, 1.82) is 0 Å². The molecule has 2 aromatic rings. The van der Waals surface area contributed by atoms with E-state index in [0.29, 0.717) is 29.6 Å². The Morgan fingerprint density at radius 3 is 2.76 bits per heavy atom. The summed E-state index contributed by atoms with van der Waals surface area (Å²) in [4.78, 5) is 29.5. The number of para-hydroxylation sites is 1. The summed E-state index contributed by atoms with van der Waals surface area (Å²) >= 11 is 0. The third-order valence-electron chi connectivity index (χ3n) is 6.69. The molecule has 150 valence electrons. The lowest BCUT2D eigenvalue weighted by Crippen LogP contribution is -2.36. The fourth-order valence-electron chi connectivity index (χ4n) is 5.11. The second-order valence-electron chi connectivity index (χ2n) is 8.42. The van der Waals surface area contributed by atoms with Crippen molar-refractivity contribution in [3.8, 4) is 0 Å². The van der Waals surface area contributed by atoms with Crippen molar-refractivity contribution in [2.75, 3.05) is 29.9 Å². The maximum atomic E-state index is 13.1. The number of hydrogen-bond acceptors (Lipinski definition) is 3. The molecule has 1 saturated carbocycles. The quantitative estimate of drug-likeness (QED) is 0.827. The van der Waals surface area contributed by atoms with Gasteiger partial charge in [-0.25, -0.2) is 4.79 Å². The molecule has 5 rings (SSSR count). The summed E-state index contributed by atoms with van der Waals surface area (Å²) < 4.78 is 0. The van der Waals surface area contributed by atoms with Gasteiger partial charge in [0.25, 0.3) is 5.91 Å². The minimum atomic E-state index is -0.109. The molecule has 2 aromatic carbocycles. The van der Waals surface area contributed by atoms with Crippen LogP contribution in [-0.2, 0) is 6.42 Å². The van der Waals surface area contributed by atoms with Gasteiger partial charge in [-0.1, -0.05) is 24.3 Å². The van der Waals surface area contributed by atoms with E-state index < -0.39 is 0 Å². The number of likely N-dealkylation sites (tertiary alicyclic amines) is 1. The van der Waals surface area contributed by atoms with Crippen molar-refractivity contribution >= 4 is 23.3 Å². The number of nitrogens with two attached hydrogens (primary N) is 1. The number of fused-ring (bicyclic) bond motifs is 2. The molecule has 0 spiro atoms. The maximum Gasteiger partial charge on any atom is 0.321 e. The average molecular weight is 390 g/mol. The molecule has 2 aliphatic heterocycles. The van der Waals surface area contributed by atoms with E-state index in [1.807, 2.05) is 40.1 Å². The molecule has 3 unspecified atom stereocenters. The normalized spacial score (nSPS) is 25.1. The highest BCUT2D eigenvalue weighted by Crippen LogP contribution is 2.37. The Bertz CT molecular complexity index is 959. The molecule has 3 amide bonds. The van der Waals surface area contributed by atoms with E-state index in [1.165, 1.54) is 5.56 Å². The van der Waals surface area contributed by atoms with E-state index in [-0.39, 0.29) is 18.0 Å². The fraction of sp³-hybridized carbons (Fsp3) is 0.391. The number of amides is 3. The van der Waals surface area contributed by atoms with E-state index in [0.717, 1.165) is 38.0 Å². The third kappa shape index (κ3) is 3.27. The Labute approximate surface area is 170 Å². The molecule has 3 aliphatic rings. The van der Waals surface area contributed by atoms with Crippen LogP contribution in [0.1, 0.15) is 28.8 Å². The summed E-state index contributed by atoms with van der Waals surface area (Å²) in [5.74, 6) is 0.913. The third-order valence-corrected chi connectivity index (χ3v) is 6.69. The Balaban J connectivity index is 1.28. The Hall–Kier alpha value is -2.86. The molecule has 29 heavy (non-hydrogen) atoms. The number of nitrogens with zero attached hydrogens (tertiary/aromatic N) is 2. The second-order valence-corrected chi connectivity index (χ2v) is 8.42. The van der Waals surface area contributed by atoms with Crippen LogP contribution in [0.15, 0.2) is 48.5 Å². The monoisotopic (exact) mass is 390 g/mol. The maximum absolute atomic E-state index is 13.1. The van der Waals surface area contributed by atoms with Crippen molar-refractivity contribution in [2.24, 2.45) is 17.6 Å². The second kappa shape index (κ2) is 7.19. The van der Waals surface area contributed by atoms with E-state index in [1.54, 1.807) is 12.1 Å². The SMILES string of the molecule is NC1CCC2CN(C(=O)Nc3cccc(C(=O)N4CCc5ccccc54)c3)CC12. The van der Waals surface area contributed by atoms with Crippen LogP contribution >= 0.6 is 0 Å². The van der Waals surface area contributed by atoms with E-state index in [9.17, 15) is 9.59 Å². The first kappa shape index (κ1) is 18.2. The van der Waals surface area contributed by atoms with Crippen LogP contribution in [0.5, 0.6) is 0 Å². The van der Waals surface area contributed by atoms with Gasteiger partial charge in [0.1, 0.15) is 0 Å². The highest BCUT2D eigenvalue weighted by Gasteiger charge is 2.42. The molecule has 2 heterocycles. The molecular weight excluding hydrogens is 364 g/mol. The number of hydrogen-bond donors (Lipinski definition) is 2. The molecule has 0 aromatic heterocycles. The van der Waals surface area contributed by atoms with Crippen molar-refractivity contribution in [3.05, 3.63) is 59.7 Å². The first-order valence-corrected chi connectivity index (χ1v) is 10.4. The lowest BCUT2D eigenvalue weighted by molar-refractivity contribution is 0.0989. The molecule has 0 bridgehead atoms. The summed E-state index contributed by atoms with van der Waals surface area (Å²) in [6.45, 7) is 2.18. The highest BCUT2D eigenvalue weighted by molar-refractivity contribution is 6.08. The summed E-state index contributed by atoms with van der Waals surface area (Å²) in [6.07, 6.45) is 3.04. The number of benzene rings is 2. The van der Waals surface area contributed by atoms with E-state index in [4.69, 9.17) is 5.73 Å². The Morgan fingerprint density at radius 2 is 1.90 bits per heavy atom. The lowest BCUT2D eigenvalue weighted by Gasteiger charge is -2.20. The van der Waals surface area contributed by atoms with Crippen molar-refractivity contribution in [1.82, 2.24) is 4.90 Å². The van der Waals surface area contributed by atoms with Gasteiger partial charge >= 0.3 is 6.03 Å². The molecule has 6 nitrogen and oxygen atoms in total. The molecule has 0 radical (unpaired) electrons. The van der Waals surface area contributed by atoms with Crippen LogP contribution in [0, 0.1) is 11.8 Å². The van der Waals surface area contributed by atoms with E-state index >= 15 is 0 Å². The summed E-state index contributed by atoms with van der Waals surface area (Å²) in [6, 6.07) is 15.3. The molecule has 1 saturated heterocycles. The van der Waals surface area contributed by atoms with Crippen LogP contribution in [0.2, 0.25) is 0 Å². The molecule has 3 N–H and O–H groups in total. The van der Waals surface area contributed by atoms with Crippen LogP contribution in [0.4, 0.5) is 16.2 Å². The van der Waals surface area contributed by atoms with Gasteiger partial charge in [-0.2, -0.15) is 0 Å². The number of carbonyl (C=O) groups excluding carboxylic acids is 2. The molecule has 6 heteroatoms. The Morgan fingerprint density at radius 1 is 1.03 bits per heavy atom. The highest BCUT2D eigenvalue weighted by atomic mass is 16.2. The largest absolute Gasteiger partial charge is 0.327 e. The number of anilines is 2. The average Bonchev–Trinajstić information content (AvgIpc) is 3.43. The first-order chi connectivity index (χ1) is 14.1. The molecule has 3 atom stereocenters. The van der Waals surface area contributed by atoms with Gasteiger partial charge in [0, 0.05) is 42.6 Å². The van der Waals surface area contributed by atoms with Crippen molar-refractivity contribution in [3.63, 3.8) is 0 Å². The summed E-state index contributed by atoms with van der Waals surface area (Å²) in [7, 11) is 0. The summed E-state index contributed by atoms with van der Waals surface area (Å²) in [5.41, 5.74) is 9.59. The lowest BCUT2D eigenvalue weighted by atomic mass is 9.98. The van der Waals surface area contributed by atoms with Crippen LogP contribution < -0.4 is 16.0 Å². The van der Waals surface area contributed by atoms with Gasteiger partial charge in [0.2, 0.25) is 0 Å². The zero-order valence-electron chi connectivity index (χ0n) is 16.4. The number of nitrogens with one attached hydrogen (secondary N) is 1. The van der Waals surface area contributed by atoms with Crippen molar-refractivity contribution < 1.29 is 9.59 Å². The number of urea groups is 1. The summed E-state index contributed by atoms with van der Waals surface area (Å²) in [5, 5.41) is 2.97. The van der Waals surface area contributed by atoms with Gasteiger partial charge in [0.15, 0.2) is 0 Å². The molecule has 2 fully saturated rings. The number of rotatable bonds is 2. The van der Waals surface area contributed by atoms with Crippen molar-refractivity contribution in [2.45, 2.75) is 25.3 Å². The number of carbonyl (C=O) groups is 2. The van der Waals surface area contributed by atoms with Crippen LogP contribution in [0.25, 0.3) is 0 Å². The smallest absolute Gasteiger partial charge is 0.321 e. The van der Waals surface area contributed by atoms with Gasteiger partial charge in [0.05, 0.1) is 0 Å². The minimum Gasteiger partial charge on any atom is -0.327 e. The van der Waals surface area contributed by atoms with Gasteiger partial charge in [-0.3, -0.25) is 4.79 Å². The zero-order valence-corrected chi connectivity index (χ0v) is 16.4. The van der Waals surface area contributed by atoms with Gasteiger partial charge in [-0.15, -0.1) is 0 Å². The van der Waals surface area contributed by atoms with Gasteiger partial charge < -0.3 is 20.9 Å². The topological polar surface area (TPSA) is 78.7 Å². The fourth-order valence-corrected chi connectivity index (χ4v) is 5.11. The predicted octanol–water partition coefficient (Wildman–Crippen LogP) is 3.09. The molecular formula is C23H26N4O2. The van der Waals surface area contributed by atoms with Crippen LogP contribution in [-0.4, -0.2) is 42.5 Å². The van der Waals surface area contributed by atoms with Gasteiger partial charge in [-0.05, 0) is 60.9 Å². The zero-order chi connectivity index (χ0) is 20.0. The molecule has 1 aliphatic carbocycles. The first-order valence-electron chi connectivity index (χ1n) is 10.4. The standard InChI is InChI=1S/C23H26N4O2/c24-20-9-8-17-13-26(14-19(17)20)23(29)25-18-6-3-5-16(12-18)22(28)27-11-10-15-4-1-2-7-21(15)27/h1-7,12,17,19-20H,8-11,13-14,24H2,(H,25,29). The Kier molecular flexibility index (Phi) is 4.51. The van der Waals surface area contributed by atoms with Crippen LogP contribution in [0.3, 0.4) is 0 Å². The minimum absolute atomic E-state index is 0.0345. The van der Waals surface area contributed by atoms with E-state index in [2.05, 4.69) is 11.4 Å². The predicted molar refractivity (Wildman–Crippen MR) is 113 cm³/mol.